The first kappa shape index (κ1) is 26.8. The molecule has 2 aliphatic heterocycles. The molecule has 206 valence electrons. The molecule has 0 bridgehead atoms. The lowest BCUT2D eigenvalue weighted by atomic mass is 10.1. The predicted octanol–water partition coefficient (Wildman–Crippen LogP) is 3.66. The summed E-state index contributed by atoms with van der Waals surface area (Å²) in [5.41, 5.74) is 2.48. The van der Waals surface area contributed by atoms with Crippen LogP contribution in [0.5, 0.6) is 17.2 Å². The van der Waals surface area contributed by atoms with Crippen LogP contribution in [0, 0.1) is 6.92 Å². The van der Waals surface area contributed by atoms with Crippen molar-refractivity contribution < 1.29 is 27.4 Å². The summed E-state index contributed by atoms with van der Waals surface area (Å²) in [6, 6.07) is 19.4. The third-order valence-electron chi connectivity index (χ3n) is 6.89. The number of aryl methyl sites for hydroxylation is 1. The van der Waals surface area contributed by atoms with Gasteiger partial charge in [0.05, 0.1) is 17.2 Å². The molecule has 3 aromatic carbocycles. The lowest BCUT2D eigenvalue weighted by Gasteiger charge is -2.36. The van der Waals surface area contributed by atoms with Gasteiger partial charge in [0, 0.05) is 32.7 Å². The van der Waals surface area contributed by atoms with Crippen LogP contribution in [0.4, 0.5) is 5.69 Å². The van der Waals surface area contributed by atoms with Gasteiger partial charge in [0.2, 0.25) is 12.7 Å². The van der Waals surface area contributed by atoms with Crippen LogP contribution in [0.15, 0.2) is 71.6 Å². The van der Waals surface area contributed by atoms with Gasteiger partial charge in [-0.05, 0) is 67.9 Å². The maximum absolute atomic E-state index is 13.7. The van der Waals surface area contributed by atoms with Crippen molar-refractivity contribution in [1.29, 1.82) is 0 Å². The number of anilines is 1. The Kier molecular flexibility index (Phi) is 7.94. The number of fused-ring (bicyclic) bond motifs is 1. The molecule has 0 N–H and O–H groups in total. The summed E-state index contributed by atoms with van der Waals surface area (Å²) in [5, 5.41) is 0. The van der Waals surface area contributed by atoms with Gasteiger partial charge in [-0.25, -0.2) is 8.42 Å². The van der Waals surface area contributed by atoms with E-state index in [1.807, 2.05) is 32.0 Å². The summed E-state index contributed by atoms with van der Waals surface area (Å²) in [7, 11) is -3.97. The highest BCUT2D eigenvalue weighted by molar-refractivity contribution is 7.92. The first-order valence-corrected chi connectivity index (χ1v) is 14.5. The number of ether oxygens (including phenoxy) is 3. The molecule has 1 saturated heterocycles. The van der Waals surface area contributed by atoms with E-state index in [0.717, 1.165) is 29.2 Å². The molecule has 3 aromatic rings. The van der Waals surface area contributed by atoms with Crippen LogP contribution in [0.2, 0.25) is 0 Å². The summed E-state index contributed by atoms with van der Waals surface area (Å²) in [6.07, 6.45) is 0. The van der Waals surface area contributed by atoms with E-state index < -0.39 is 10.0 Å². The number of hydrogen-bond donors (Lipinski definition) is 0. The fourth-order valence-electron chi connectivity index (χ4n) is 4.70. The Balaban J connectivity index is 1.28. The van der Waals surface area contributed by atoms with Gasteiger partial charge in [0.15, 0.2) is 11.5 Å². The molecule has 5 rings (SSSR count). The number of benzene rings is 3. The Hall–Kier alpha value is -3.76. The molecule has 10 heteroatoms. The molecule has 0 radical (unpaired) electrons. The molecule has 0 unspecified atom stereocenters. The van der Waals surface area contributed by atoms with Crippen LogP contribution < -0.4 is 18.5 Å². The zero-order valence-corrected chi connectivity index (χ0v) is 23.0. The Morgan fingerprint density at radius 2 is 1.62 bits per heavy atom. The third kappa shape index (κ3) is 6.12. The number of carbonyl (C=O) groups excluding carboxylic acids is 1. The van der Waals surface area contributed by atoms with Crippen LogP contribution in [-0.4, -0.2) is 70.2 Å². The van der Waals surface area contributed by atoms with Crippen molar-refractivity contribution in [3.05, 3.63) is 77.9 Å². The van der Waals surface area contributed by atoms with E-state index in [0.29, 0.717) is 44.2 Å². The molecule has 39 heavy (non-hydrogen) atoms. The van der Waals surface area contributed by atoms with Gasteiger partial charge in [-0.3, -0.25) is 14.0 Å². The Morgan fingerprint density at radius 1 is 0.923 bits per heavy atom. The molecule has 0 spiro atoms. The summed E-state index contributed by atoms with van der Waals surface area (Å²) < 4.78 is 45.0. The second kappa shape index (κ2) is 11.5. The summed E-state index contributed by atoms with van der Waals surface area (Å²) >= 11 is 0. The Labute approximate surface area is 229 Å². The quantitative estimate of drug-likeness (QED) is 0.401. The highest BCUT2D eigenvalue weighted by atomic mass is 32.2. The molecule has 0 atom stereocenters. The lowest BCUT2D eigenvalue weighted by molar-refractivity contribution is -0.131. The van der Waals surface area contributed by atoms with E-state index in [9.17, 15) is 13.2 Å². The standard InChI is InChI=1S/C29H33N3O6S/c1-3-36-25-9-7-24(8-10-25)32(39(34,35)26-11-4-22(2)5-12-26)20-29(33)31-16-14-30(15-17-31)19-23-6-13-27-28(18-23)38-21-37-27/h4-13,18H,3,14-17,19-21H2,1-2H3. The molecular formula is C29H33N3O6S. The van der Waals surface area contributed by atoms with Gasteiger partial charge >= 0.3 is 0 Å². The maximum Gasteiger partial charge on any atom is 0.264 e. The zero-order chi connectivity index (χ0) is 27.4. The third-order valence-corrected chi connectivity index (χ3v) is 8.68. The van der Waals surface area contributed by atoms with Crippen molar-refractivity contribution in [1.82, 2.24) is 9.80 Å². The SMILES string of the molecule is CCOc1ccc(N(CC(=O)N2CCN(Cc3ccc4c(c3)OCO4)CC2)S(=O)(=O)c2ccc(C)cc2)cc1. The maximum atomic E-state index is 13.7. The topological polar surface area (TPSA) is 88.6 Å². The first-order chi connectivity index (χ1) is 18.8. The molecule has 1 amide bonds. The van der Waals surface area contributed by atoms with Crippen LogP contribution in [-0.2, 0) is 21.4 Å². The van der Waals surface area contributed by atoms with Crippen molar-refractivity contribution in [2.45, 2.75) is 25.3 Å². The first-order valence-electron chi connectivity index (χ1n) is 13.0. The van der Waals surface area contributed by atoms with E-state index in [-0.39, 0.29) is 24.1 Å². The number of piperazine rings is 1. The second-order valence-corrected chi connectivity index (χ2v) is 11.5. The minimum Gasteiger partial charge on any atom is -0.494 e. The molecular weight excluding hydrogens is 518 g/mol. The van der Waals surface area contributed by atoms with E-state index in [2.05, 4.69) is 4.90 Å². The Morgan fingerprint density at radius 3 is 2.31 bits per heavy atom. The molecule has 0 aliphatic carbocycles. The van der Waals surface area contributed by atoms with Gasteiger partial charge in [0.1, 0.15) is 12.3 Å². The summed E-state index contributed by atoms with van der Waals surface area (Å²) in [4.78, 5) is 17.6. The minimum absolute atomic E-state index is 0.142. The Bertz CT molecular complexity index is 1400. The molecule has 0 aromatic heterocycles. The number of hydrogen-bond acceptors (Lipinski definition) is 7. The average Bonchev–Trinajstić information content (AvgIpc) is 3.41. The molecule has 2 heterocycles. The molecule has 1 fully saturated rings. The molecule has 9 nitrogen and oxygen atoms in total. The molecule has 0 saturated carbocycles. The lowest BCUT2D eigenvalue weighted by Crippen LogP contribution is -2.51. The number of sulfonamides is 1. The number of amides is 1. The van der Waals surface area contributed by atoms with Crippen molar-refractivity contribution in [2.24, 2.45) is 0 Å². The highest BCUT2D eigenvalue weighted by Crippen LogP contribution is 2.33. The van der Waals surface area contributed by atoms with Crippen LogP contribution in [0.3, 0.4) is 0 Å². The monoisotopic (exact) mass is 551 g/mol. The van der Waals surface area contributed by atoms with Crippen LogP contribution in [0.25, 0.3) is 0 Å². The summed E-state index contributed by atoms with van der Waals surface area (Å²) in [5.74, 6) is 1.92. The van der Waals surface area contributed by atoms with Gasteiger partial charge in [0.25, 0.3) is 10.0 Å². The van der Waals surface area contributed by atoms with Gasteiger partial charge in [-0.15, -0.1) is 0 Å². The number of carbonyl (C=O) groups is 1. The predicted molar refractivity (Wildman–Crippen MR) is 148 cm³/mol. The van der Waals surface area contributed by atoms with E-state index in [1.165, 1.54) is 4.31 Å². The smallest absolute Gasteiger partial charge is 0.264 e. The van der Waals surface area contributed by atoms with Crippen molar-refractivity contribution in [2.75, 3.05) is 50.4 Å². The van der Waals surface area contributed by atoms with E-state index >= 15 is 0 Å². The van der Waals surface area contributed by atoms with Crippen LogP contribution >= 0.6 is 0 Å². The van der Waals surface area contributed by atoms with Gasteiger partial charge < -0.3 is 19.1 Å². The van der Waals surface area contributed by atoms with Gasteiger partial charge in [-0.2, -0.15) is 0 Å². The fraction of sp³-hybridized carbons (Fsp3) is 0.345. The fourth-order valence-corrected chi connectivity index (χ4v) is 6.12. The largest absolute Gasteiger partial charge is 0.494 e. The van der Waals surface area contributed by atoms with Crippen molar-refractivity contribution in [3.63, 3.8) is 0 Å². The highest BCUT2D eigenvalue weighted by Gasteiger charge is 2.30. The minimum atomic E-state index is -3.97. The summed E-state index contributed by atoms with van der Waals surface area (Å²) in [6.45, 7) is 7.39. The normalized spacial score (nSPS) is 15.3. The number of nitrogens with zero attached hydrogens (tertiary/aromatic N) is 3. The molecule has 2 aliphatic rings. The van der Waals surface area contributed by atoms with Crippen molar-refractivity contribution >= 4 is 21.6 Å². The van der Waals surface area contributed by atoms with E-state index in [4.69, 9.17) is 14.2 Å². The second-order valence-electron chi connectivity index (χ2n) is 9.60. The van der Waals surface area contributed by atoms with Crippen molar-refractivity contribution in [3.8, 4) is 17.2 Å². The van der Waals surface area contributed by atoms with E-state index in [1.54, 1.807) is 53.4 Å². The zero-order valence-electron chi connectivity index (χ0n) is 22.2. The number of rotatable bonds is 9. The van der Waals surface area contributed by atoms with Crippen LogP contribution in [0.1, 0.15) is 18.1 Å². The average molecular weight is 552 g/mol. The van der Waals surface area contributed by atoms with Gasteiger partial charge in [-0.1, -0.05) is 23.8 Å².